The third-order valence-electron chi connectivity index (χ3n) is 4.27. The van der Waals surface area contributed by atoms with E-state index in [1.807, 2.05) is 0 Å². The highest BCUT2D eigenvalue weighted by Crippen LogP contribution is 2.27. The van der Waals surface area contributed by atoms with Crippen LogP contribution in [0.4, 0.5) is 0 Å². The third-order valence-corrected chi connectivity index (χ3v) is 4.27. The van der Waals surface area contributed by atoms with E-state index in [2.05, 4.69) is 10.2 Å². The number of rotatable bonds is 3. The van der Waals surface area contributed by atoms with Gasteiger partial charge in [0.15, 0.2) is 0 Å². The van der Waals surface area contributed by atoms with Crippen molar-refractivity contribution < 1.29 is 4.74 Å². The van der Waals surface area contributed by atoms with Gasteiger partial charge in [-0.15, -0.1) is 0 Å². The Labute approximate surface area is 92.2 Å². The van der Waals surface area contributed by atoms with Crippen molar-refractivity contribution in [2.75, 3.05) is 32.8 Å². The molecule has 2 bridgehead atoms. The predicted octanol–water partition coefficient (Wildman–Crippen LogP) is 0.849. The van der Waals surface area contributed by atoms with Crippen molar-refractivity contribution in [3.63, 3.8) is 0 Å². The summed E-state index contributed by atoms with van der Waals surface area (Å²) in [6, 6.07) is 0.771. The van der Waals surface area contributed by atoms with E-state index in [0.29, 0.717) is 6.10 Å². The summed E-state index contributed by atoms with van der Waals surface area (Å²) in [5.41, 5.74) is 0. The Morgan fingerprint density at radius 2 is 2.13 bits per heavy atom. The van der Waals surface area contributed by atoms with Gasteiger partial charge in [-0.05, 0) is 44.7 Å². The first-order valence-electron chi connectivity index (χ1n) is 6.49. The van der Waals surface area contributed by atoms with Crippen LogP contribution >= 0.6 is 0 Å². The highest BCUT2D eigenvalue weighted by atomic mass is 16.5. The second-order valence-electron chi connectivity index (χ2n) is 5.29. The molecule has 3 heterocycles. The molecule has 1 N–H and O–H groups in total. The second-order valence-corrected chi connectivity index (χ2v) is 5.29. The summed E-state index contributed by atoms with van der Waals surface area (Å²) in [7, 11) is 0. The Balaban J connectivity index is 1.46. The fourth-order valence-electron chi connectivity index (χ4n) is 3.31. The van der Waals surface area contributed by atoms with Gasteiger partial charge in [0.1, 0.15) is 0 Å². The van der Waals surface area contributed by atoms with Gasteiger partial charge >= 0.3 is 0 Å². The summed E-state index contributed by atoms with van der Waals surface area (Å²) in [5.74, 6) is 0.917. The molecule has 86 valence electrons. The summed E-state index contributed by atoms with van der Waals surface area (Å²) >= 11 is 0. The largest absolute Gasteiger partial charge is 0.377 e. The van der Waals surface area contributed by atoms with Crippen molar-refractivity contribution in [2.45, 2.75) is 37.8 Å². The molecule has 0 aromatic carbocycles. The monoisotopic (exact) mass is 210 g/mol. The number of hydrogen-bond donors (Lipinski definition) is 1. The van der Waals surface area contributed by atoms with E-state index < -0.39 is 0 Å². The molecule has 4 atom stereocenters. The van der Waals surface area contributed by atoms with E-state index in [0.717, 1.165) is 25.1 Å². The van der Waals surface area contributed by atoms with E-state index in [1.54, 1.807) is 0 Å². The summed E-state index contributed by atoms with van der Waals surface area (Å²) in [4.78, 5) is 2.61. The fraction of sp³-hybridized carbons (Fsp3) is 1.00. The molecule has 3 heteroatoms. The normalized spacial score (nSPS) is 44.8. The van der Waals surface area contributed by atoms with Crippen LogP contribution in [0.25, 0.3) is 0 Å². The Morgan fingerprint density at radius 3 is 3.00 bits per heavy atom. The number of nitrogens with zero attached hydrogens (tertiary/aromatic N) is 1. The molecule has 3 rings (SSSR count). The van der Waals surface area contributed by atoms with Crippen molar-refractivity contribution in [3.05, 3.63) is 0 Å². The maximum Gasteiger partial charge on any atom is 0.0700 e. The van der Waals surface area contributed by atoms with E-state index in [-0.39, 0.29) is 0 Å². The van der Waals surface area contributed by atoms with Crippen LogP contribution in [-0.4, -0.2) is 49.8 Å². The molecule has 0 aromatic heterocycles. The molecule has 3 fully saturated rings. The lowest BCUT2D eigenvalue weighted by molar-refractivity contribution is 0.101. The molecule has 0 radical (unpaired) electrons. The van der Waals surface area contributed by atoms with E-state index in [4.69, 9.17) is 4.74 Å². The number of nitrogens with one attached hydrogen (secondary N) is 1. The predicted molar refractivity (Wildman–Crippen MR) is 59.9 cm³/mol. The van der Waals surface area contributed by atoms with Crippen LogP contribution in [-0.2, 0) is 4.74 Å². The van der Waals surface area contributed by atoms with Gasteiger partial charge in [0.25, 0.3) is 0 Å². The quantitative estimate of drug-likeness (QED) is 0.747. The molecule has 0 amide bonds. The van der Waals surface area contributed by atoms with Gasteiger partial charge in [0.05, 0.1) is 6.10 Å². The molecule has 0 spiro atoms. The van der Waals surface area contributed by atoms with Crippen LogP contribution in [0.3, 0.4) is 0 Å². The highest BCUT2D eigenvalue weighted by molar-refractivity contribution is 4.91. The zero-order valence-electron chi connectivity index (χ0n) is 9.45. The Kier molecular flexibility index (Phi) is 2.95. The molecule has 3 aliphatic rings. The lowest BCUT2D eigenvalue weighted by atomic mass is 9.94. The second kappa shape index (κ2) is 4.40. The average Bonchev–Trinajstić information content (AvgIpc) is 2.88. The molecule has 15 heavy (non-hydrogen) atoms. The lowest BCUT2D eigenvalue weighted by Gasteiger charge is -2.31. The molecule has 0 aliphatic carbocycles. The first-order chi connectivity index (χ1) is 7.42. The standard InChI is InChI=1S/C12H22N2O/c1-2-11(15-7-1)8-13-12-4-6-14-5-3-10(12)9-14/h10-13H,1-9H2. The summed E-state index contributed by atoms with van der Waals surface area (Å²) in [5, 5.41) is 3.74. The van der Waals surface area contributed by atoms with Crippen molar-refractivity contribution in [1.82, 2.24) is 10.2 Å². The van der Waals surface area contributed by atoms with E-state index in [1.165, 1.54) is 45.3 Å². The molecular formula is C12H22N2O. The van der Waals surface area contributed by atoms with Crippen molar-refractivity contribution in [2.24, 2.45) is 5.92 Å². The number of fused-ring (bicyclic) bond motifs is 2. The third kappa shape index (κ3) is 2.19. The summed E-state index contributed by atoms with van der Waals surface area (Å²) in [6.07, 6.45) is 5.77. The zero-order valence-corrected chi connectivity index (χ0v) is 9.45. The maximum absolute atomic E-state index is 5.65. The van der Waals surface area contributed by atoms with Crippen molar-refractivity contribution in [3.8, 4) is 0 Å². The van der Waals surface area contributed by atoms with Crippen molar-refractivity contribution in [1.29, 1.82) is 0 Å². The zero-order chi connectivity index (χ0) is 10.1. The Hall–Kier alpha value is -0.120. The minimum Gasteiger partial charge on any atom is -0.377 e. The van der Waals surface area contributed by atoms with Gasteiger partial charge in [0.2, 0.25) is 0 Å². The van der Waals surface area contributed by atoms with Gasteiger partial charge in [-0.25, -0.2) is 0 Å². The molecule has 3 saturated heterocycles. The number of piperidine rings is 1. The van der Waals surface area contributed by atoms with Gasteiger partial charge in [-0.3, -0.25) is 0 Å². The Morgan fingerprint density at radius 1 is 1.20 bits per heavy atom. The van der Waals surface area contributed by atoms with Crippen LogP contribution in [0, 0.1) is 5.92 Å². The summed E-state index contributed by atoms with van der Waals surface area (Å²) in [6.45, 7) is 6.04. The molecule has 0 saturated carbocycles. The van der Waals surface area contributed by atoms with Crippen LogP contribution in [0.2, 0.25) is 0 Å². The Bertz CT molecular complexity index is 216. The molecule has 3 nitrogen and oxygen atoms in total. The van der Waals surface area contributed by atoms with Crippen LogP contribution in [0.1, 0.15) is 25.7 Å². The van der Waals surface area contributed by atoms with Crippen LogP contribution in [0.5, 0.6) is 0 Å². The minimum absolute atomic E-state index is 0.504. The van der Waals surface area contributed by atoms with Crippen LogP contribution < -0.4 is 5.32 Å². The van der Waals surface area contributed by atoms with Gasteiger partial charge in [-0.1, -0.05) is 0 Å². The number of ether oxygens (including phenoxy) is 1. The topological polar surface area (TPSA) is 24.5 Å². The fourth-order valence-corrected chi connectivity index (χ4v) is 3.31. The summed E-state index contributed by atoms with van der Waals surface area (Å²) < 4.78 is 5.65. The first kappa shape index (κ1) is 10.1. The van der Waals surface area contributed by atoms with Gasteiger partial charge in [0, 0.05) is 25.7 Å². The maximum atomic E-state index is 5.65. The van der Waals surface area contributed by atoms with E-state index in [9.17, 15) is 0 Å². The SMILES string of the molecule is C1COC(CNC2CCN3CCC2C3)C1. The first-order valence-corrected chi connectivity index (χ1v) is 6.49. The smallest absolute Gasteiger partial charge is 0.0700 e. The lowest BCUT2D eigenvalue weighted by Crippen LogP contribution is -2.46. The average molecular weight is 210 g/mol. The van der Waals surface area contributed by atoms with Gasteiger partial charge in [-0.2, -0.15) is 0 Å². The minimum atomic E-state index is 0.504. The molecule has 0 aromatic rings. The van der Waals surface area contributed by atoms with Crippen LogP contribution in [0.15, 0.2) is 0 Å². The molecular weight excluding hydrogens is 188 g/mol. The van der Waals surface area contributed by atoms with Crippen molar-refractivity contribution >= 4 is 0 Å². The number of hydrogen-bond acceptors (Lipinski definition) is 3. The molecule has 3 aliphatic heterocycles. The highest BCUT2D eigenvalue weighted by Gasteiger charge is 2.34. The molecule has 4 unspecified atom stereocenters. The van der Waals surface area contributed by atoms with E-state index >= 15 is 0 Å². The van der Waals surface area contributed by atoms with Gasteiger partial charge < -0.3 is 15.0 Å².